The van der Waals surface area contributed by atoms with Gasteiger partial charge in [0.05, 0.1) is 0 Å². The summed E-state index contributed by atoms with van der Waals surface area (Å²) in [5.74, 6) is -0.880. The molecule has 0 radical (unpaired) electrons. The minimum Gasteiger partial charge on any atom is -0.462 e. The van der Waals surface area contributed by atoms with Crippen LogP contribution in [0.1, 0.15) is 316 Å². The van der Waals surface area contributed by atoms with Crippen LogP contribution < -0.4 is 0 Å². The van der Waals surface area contributed by atoms with E-state index in [2.05, 4.69) is 81.5 Å². The first-order valence-electron chi connectivity index (χ1n) is 30.8. The Hall–Kier alpha value is -2.89. The van der Waals surface area contributed by atoms with Crippen LogP contribution in [0, 0.1) is 0 Å². The summed E-state index contributed by atoms with van der Waals surface area (Å²) in [5, 5.41) is 0. The van der Waals surface area contributed by atoms with Gasteiger partial charge in [-0.25, -0.2) is 0 Å². The number of carbonyl (C=O) groups is 3. The smallest absolute Gasteiger partial charge is 0.306 e. The Bertz CT molecular complexity index is 1280. The lowest BCUT2D eigenvalue weighted by atomic mass is 10.0. The third kappa shape index (κ3) is 57.9. The van der Waals surface area contributed by atoms with Crippen LogP contribution in [0.2, 0.25) is 0 Å². The molecule has 0 N–H and O–H groups in total. The average Bonchev–Trinajstić information content (AvgIpc) is 3.37. The van der Waals surface area contributed by atoms with Crippen molar-refractivity contribution in [3.8, 4) is 0 Å². The summed E-state index contributed by atoms with van der Waals surface area (Å²) in [5.41, 5.74) is 0. The minimum absolute atomic E-state index is 0.0782. The minimum atomic E-state index is -0.782. The van der Waals surface area contributed by atoms with E-state index < -0.39 is 6.10 Å². The average molecular weight is 994 g/mol. The maximum Gasteiger partial charge on any atom is 0.306 e. The summed E-state index contributed by atoms with van der Waals surface area (Å²) in [6.45, 7) is 6.62. The Labute approximate surface area is 440 Å². The first-order chi connectivity index (χ1) is 35.0. The van der Waals surface area contributed by atoms with Crippen LogP contribution in [0.15, 0.2) is 60.8 Å². The monoisotopic (exact) mass is 993 g/mol. The van der Waals surface area contributed by atoms with Crippen LogP contribution in [0.4, 0.5) is 0 Å². The molecule has 0 spiro atoms. The van der Waals surface area contributed by atoms with E-state index in [4.69, 9.17) is 14.2 Å². The van der Waals surface area contributed by atoms with Crippen molar-refractivity contribution in [3.63, 3.8) is 0 Å². The molecule has 6 nitrogen and oxygen atoms in total. The summed E-state index contributed by atoms with van der Waals surface area (Å²) in [6.07, 6.45) is 74.9. The number of hydrogen-bond donors (Lipinski definition) is 0. The van der Waals surface area contributed by atoms with Gasteiger partial charge >= 0.3 is 17.9 Å². The fourth-order valence-electron chi connectivity index (χ4n) is 8.83. The second-order valence-corrected chi connectivity index (χ2v) is 20.6. The van der Waals surface area contributed by atoms with Crippen molar-refractivity contribution in [2.24, 2.45) is 0 Å². The van der Waals surface area contributed by atoms with Crippen molar-refractivity contribution in [1.29, 1.82) is 0 Å². The van der Waals surface area contributed by atoms with Gasteiger partial charge in [0, 0.05) is 19.3 Å². The van der Waals surface area contributed by atoms with Gasteiger partial charge in [0.2, 0.25) is 0 Å². The van der Waals surface area contributed by atoms with Gasteiger partial charge in [0.15, 0.2) is 6.10 Å². The summed E-state index contributed by atoms with van der Waals surface area (Å²) in [7, 11) is 0. The van der Waals surface area contributed by atoms with E-state index in [9.17, 15) is 14.4 Å². The molecule has 412 valence electrons. The van der Waals surface area contributed by atoms with Crippen molar-refractivity contribution in [3.05, 3.63) is 60.8 Å². The standard InChI is InChI=1S/C65H116O6/c1-4-7-10-13-16-19-22-25-27-29-31-32-34-35-37-40-43-46-49-52-55-58-64(67)70-61-62(60-69-63(66)57-54-51-48-45-42-39-24-21-18-15-12-9-6-3)71-65(68)59-56-53-50-47-44-41-38-36-33-30-28-26-23-20-17-14-11-8-5-2/h17,20,22,25-26,28-29,31,33,36,62H,4-16,18-19,21,23-24,27,30,32,34-35,37-61H2,1-3H3/b20-17-,25-22-,28-26-,31-29-,36-33-. The van der Waals surface area contributed by atoms with Gasteiger partial charge in [-0.3, -0.25) is 14.4 Å². The van der Waals surface area contributed by atoms with E-state index in [1.807, 2.05) is 0 Å². The molecule has 0 rings (SSSR count). The zero-order valence-electron chi connectivity index (χ0n) is 47.2. The Morgan fingerprint density at radius 1 is 0.282 bits per heavy atom. The molecule has 0 saturated carbocycles. The zero-order chi connectivity index (χ0) is 51.4. The second kappa shape index (κ2) is 59.7. The fraction of sp³-hybridized carbons (Fsp3) is 0.800. The van der Waals surface area contributed by atoms with E-state index in [0.29, 0.717) is 19.3 Å². The van der Waals surface area contributed by atoms with Gasteiger partial charge in [-0.2, -0.15) is 0 Å². The van der Waals surface area contributed by atoms with Gasteiger partial charge in [0.1, 0.15) is 13.2 Å². The van der Waals surface area contributed by atoms with Gasteiger partial charge in [0.25, 0.3) is 0 Å². The highest BCUT2D eigenvalue weighted by molar-refractivity contribution is 5.71. The quantitative estimate of drug-likeness (QED) is 0.0261. The first-order valence-corrected chi connectivity index (χ1v) is 30.8. The molecule has 0 saturated heterocycles. The molecule has 0 amide bonds. The maximum absolute atomic E-state index is 12.9. The van der Waals surface area contributed by atoms with Crippen LogP contribution in [0.5, 0.6) is 0 Å². The molecule has 0 aromatic carbocycles. The maximum atomic E-state index is 12.9. The van der Waals surface area contributed by atoms with Crippen molar-refractivity contribution < 1.29 is 28.6 Å². The lowest BCUT2D eigenvalue weighted by Gasteiger charge is -2.18. The highest BCUT2D eigenvalue weighted by atomic mass is 16.6. The number of esters is 3. The van der Waals surface area contributed by atoms with Gasteiger partial charge < -0.3 is 14.2 Å². The molecule has 0 aliphatic rings. The molecule has 6 heteroatoms. The predicted octanol–water partition coefficient (Wildman–Crippen LogP) is 20.8. The molecule has 1 unspecified atom stereocenters. The molecular weight excluding hydrogens is 877 g/mol. The first kappa shape index (κ1) is 68.1. The Morgan fingerprint density at radius 3 is 0.817 bits per heavy atom. The van der Waals surface area contributed by atoms with Crippen molar-refractivity contribution in [2.45, 2.75) is 322 Å². The Kier molecular flexibility index (Phi) is 57.2. The number of ether oxygens (including phenoxy) is 3. The number of allylic oxidation sites excluding steroid dienone is 10. The fourth-order valence-corrected chi connectivity index (χ4v) is 8.83. The number of rotatable bonds is 56. The van der Waals surface area contributed by atoms with Gasteiger partial charge in [-0.05, 0) is 89.9 Å². The number of carbonyl (C=O) groups excluding carboxylic acids is 3. The second-order valence-electron chi connectivity index (χ2n) is 20.6. The molecule has 0 aliphatic carbocycles. The van der Waals surface area contributed by atoms with E-state index in [0.717, 1.165) is 89.9 Å². The highest BCUT2D eigenvalue weighted by Gasteiger charge is 2.19. The largest absolute Gasteiger partial charge is 0.462 e. The molecule has 0 aromatic rings. The molecule has 0 aromatic heterocycles. The van der Waals surface area contributed by atoms with Crippen molar-refractivity contribution in [2.75, 3.05) is 13.2 Å². The molecule has 0 fully saturated rings. The molecule has 0 aliphatic heterocycles. The van der Waals surface area contributed by atoms with E-state index in [1.165, 1.54) is 186 Å². The summed E-state index contributed by atoms with van der Waals surface area (Å²) >= 11 is 0. The third-order valence-electron chi connectivity index (χ3n) is 13.5. The molecular formula is C65H116O6. The lowest BCUT2D eigenvalue weighted by molar-refractivity contribution is -0.167. The van der Waals surface area contributed by atoms with Crippen molar-refractivity contribution in [1.82, 2.24) is 0 Å². The van der Waals surface area contributed by atoms with Crippen LogP contribution in [-0.4, -0.2) is 37.2 Å². The number of hydrogen-bond acceptors (Lipinski definition) is 6. The summed E-state index contributed by atoms with van der Waals surface area (Å²) in [4.78, 5) is 38.2. The predicted molar refractivity (Wildman–Crippen MR) is 307 cm³/mol. The van der Waals surface area contributed by atoms with Crippen LogP contribution in [0.25, 0.3) is 0 Å². The number of unbranched alkanes of at least 4 members (excludes halogenated alkanes) is 35. The summed E-state index contributed by atoms with van der Waals surface area (Å²) in [6, 6.07) is 0. The van der Waals surface area contributed by atoms with Crippen LogP contribution in [-0.2, 0) is 28.6 Å². The Balaban J connectivity index is 4.36. The third-order valence-corrected chi connectivity index (χ3v) is 13.5. The molecule has 0 bridgehead atoms. The molecule has 71 heavy (non-hydrogen) atoms. The highest BCUT2D eigenvalue weighted by Crippen LogP contribution is 2.16. The van der Waals surface area contributed by atoms with E-state index in [-0.39, 0.29) is 31.1 Å². The topological polar surface area (TPSA) is 78.9 Å². The molecule has 1 atom stereocenters. The summed E-state index contributed by atoms with van der Waals surface area (Å²) < 4.78 is 16.9. The lowest BCUT2D eigenvalue weighted by Crippen LogP contribution is -2.30. The van der Waals surface area contributed by atoms with Crippen LogP contribution >= 0.6 is 0 Å². The Morgan fingerprint density at radius 2 is 0.507 bits per heavy atom. The normalized spacial score (nSPS) is 12.4. The van der Waals surface area contributed by atoms with E-state index >= 15 is 0 Å². The van der Waals surface area contributed by atoms with Crippen molar-refractivity contribution >= 4 is 17.9 Å². The van der Waals surface area contributed by atoms with Gasteiger partial charge in [-0.15, -0.1) is 0 Å². The van der Waals surface area contributed by atoms with Gasteiger partial charge in [-0.1, -0.05) is 268 Å². The van der Waals surface area contributed by atoms with Crippen LogP contribution in [0.3, 0.4) is 0 Å². The zero-order valence-corrected chi connectivity index (χ0v) is 47.2. The molecule has 0 heterocycles. The SMILES string of the molecule is CCCCC/C=C\C/C=C\C/C=C\CCCCCCCCC(=O)OC(COC(=O)CCCCCCCCCCC/C=C\C/C=C\CCCCCCC)COC(=O)CCCCCCCCCCCCCCC. The van der Waals surface area contributed by atoms with E-state index in [1.54, 1.807) is 0 Å².